The Morgan fingerprint density at radius 1 is 1.32 bits per heavy atom. The monoisotopic (exact) mass is 290 g/mol. The molecule has 8 heteroatoms. The van der Waals surface area contributed by atoms with Crippen LogP contribution in [-0.2, 0) is 14.6 Å². The first-order valence-electron chi connectivity index (χ1n) is 6.33. The van der Waals surface area contributed by atoms with Crippen LogP contribution in [0.5, 0.6) is 0 Å². The van der Waals surface area contributed by atoms with E-state index in [-0.39, 0.29) is 35.9 Å². The summed E-state index contributed by atoms with van der Waals surface area (Å²) in [6.45, 7) is 0.959. The number of carbonyl (C=O) groups excluding carboxylic acids is 1. The van der Waals surface area contributed by atoms with E-state index in [0.29, 0.717) is 25.9 Å². The van der Waals surface area contributed by atoms with Gasteiger partial charge in [0.1, 0.15) is 0 Å². The van der Waals surface area contributed by atoms with Gasteiger partial charge in [-0.2, -0.15) is 0 Å². The molecule has 0 bridgehead atoms. The molecule has 108 valence electrons. The molecule has 0 aromatic rings. The molecule has 0 radical (unpaired) electrons. The molecule has 0 aliphatic carbocycles. The Bertz CT molecular complexity index is 475. The van der Waals surface area contributed by atoms with Crippen molar-refractivity contribution in [2.75, 3.05) is 24.6 Å². The van der Waals surface area contributed by atoms with E-state index in [1.165, 1.54) is 0 Å². The Kier molecular flexibility index (Phi) is 3.98. The van der Waals surface area contributed by atoms with Gasteiger partial charge in [0.15, 0.2) is 9.84 Å². The summed E-state index contributed by atoms with van der Waals surface area (Å²) in [6, 6.07) is -0.592. The minimum atomic E-state index is -3.00. The molecule has 2 fully saturated rings. The summed E-state index contributed by atoms with van der Waals surface area (Å²) in [7, 11) is -3.00. The van der Waals surface area contributed by atoms with Crippen molar-refractivity contribution in [3.05, 3.63) is 0 Å². The van der Waals surface area contributed by atoms with Crippen LogP contribution >= 0.6 is 0 Å². The van der Waals surface area contributed by atoms with Gasteiger partial charge in [-0.05, 0) is 18.8 Å². The van der Waals surface area contributed by atoms with Crippen LogP contribution in [0.15, 0.2) is 0 Å². The molecule has 0 aromatic heterocycles. The molecular weight excluding hydrogens is 272 g/mol. The number of nitrogens with zero attached hydrogens (tertiary/aromatic N) is 1. The van der Waals surface area contributed by atoms with Crippen molar-refractivity contribution in [2.45, 2.75) is 25.3 Å². The number of amides is 2. The fraction of sp³-hybridized carbons (Fsp3) is 0.818. The van der Waals surface area contributed by atoms with Gasteiger partial charge >= 0.3 is 12.0 Å². The van der Waals surface area contributed by atoms with Crippen LogP contribution in [0.1, 0.15) is 19.3 Å². The van der Waals surface area contributed by atoms with Gasteiger partial charge in [-0.1, -0.05) is 0 Å². The topological polar surface area (TPSA) is 104 Å². The number of carboxylic acid groups (broad SMARTS) is 1. The molecule has 2 aliphatic heterocycles. The Morgan fingerprint density at radius 2 is 2.05 bits per heavy atom. The van der Waals surface area contributed by atoms with Gasteiger partial charge in [0.25, 0.3) is 0 Å². The molecule has 19 heavy (non-hydrogen) atoms. The quantitative estimate of drug-likeness (QED) is 0.741. The number of rotatable bonds is 3. The Labute approximate surface area is 111 Å². The maximum absolute atomic E-state index is 11.9. The zero-order chi connectivity index (χ0) is 14.0. The molecule has 2 amide bonds. The van der Waals surface area contributed by atoms with Crippen molar-refractivity contribution in [3.63, 3.8) is 0 Å². The molecular formula is C11H18N2O5S. The molecule has 0 saturated carbocycles. The first-order valence-corrected chi connectivity index (χ1v) is 8.15. The number of hydrogen-bond acceptors (Lipinski definition) is 4. The van der Waals surface area contributed by atoms with Crippen LogP contribution in [0.2, 0.25) is 0 Å². The van der Waals surface area contributed by atoms with E-state index in [1.54, 1.807) is 4.90 Å². The first-order chi connectivity index (χ1) is 8.85. The highest BCUT2D eigenvalue weighted by Gasteiger charge is 2.32. The summed E-state index contributed by atoms with van der Waals surface area (Å²) in [4.78, 5) is 24.1. The molecule has 7 nitrogen and oxygen atoms in total. The predicted octanol–water partition coefficient (Wildman–Crippen LogP) is -0.320. The van der Waals surface area contributed by atoms with Gasteiger partial charge in [0.05, 0.1) is 11.5 Å². The number of carboxylic acids is 1. The second-order valence-electron chi connectivity index (χ2n) is 5.25. The lowest BCUT2D eigenvalue weighted by atomic mass is 10.1. The molecule has 2 rings (SSSR count). The molecule has 2 atom stereocenters. The number of sulfone groups is 1. The third kappa shape index (κ3) is 3.82. The largest absolute Gasteiger partial charge is 0.481 e. The van der Waals surface area contributed by atoms with Crippen molar-refractivity contribution in [2.24, 2.45) is 5.92 Å². The standard InChI is InChI=1S/C11H18N2O5S/c14-10(15)5-8-1-3-13(6-8)11(16)12-9-2-4-19(17,18)7-9/h8-9H,1-7H2,(H,12,16)(H,14,15). The van der Waals surface area contributed by atoms with E-state index in [4.69, 9.17) is 5.11 Å². The van der Waals surface area contributed by atoms with E-state index >= 15 is 0 Å². The first kappa shape index (κ1) is 14.1. The Balaban J connectivity index is 1.80. The Hall–Kier alpha value is -1.31. The minimum Gasteiger partial charge on any atom is -0.481 e. The number of aliphatic carboxylic acids is 1. The molecule has 2 N–H and O–H groups in total. The van der Waals surface area contributed by atoms with E-state index < -0.39 is 15.8 Å². The van der Waals surface area contributed by atoms with Gasteiger partial charge < -0.3 is 15.3 Å². The number of likely N-dealkylation sites (tertiary alicyclic amines) is 1. The van der Waals surface area contributed by atoms with E-state index in [1.807, 2.05) is 0 Å². The molecule has 2 saturated heterocycles. The number of carbonyl (C=O) groups is 2. The van der Waals surface area contributed by atoms with E-state index in [9.17, 15) is 18.0 Å². The Morgan fingerprint density at radius 3 is 2.63 bits per heavy atom. The molecule has 2 heterocycles. The minimum absolute atomic E-state index is 0.00411. The third-order valence-electron chi connectivity index (χ3n) is 3.60. The lowest BCUT2D eigenvalue weighted by Gasteiger charge is -2.19. The number of nitrogens with one attached hydrogen (secondary N) is 1. The van der Waals surface area contributed by atoms with Crippen molar-refractivity contribution in [3.8, 4) is 0 Å². The zero-order valence-corrected chi connectivity index (χ0v) is 11.4. The average Bonchev–Trinajstić information content (AvgIpc) is 2.85. The van der Waals surface area contributed by atoms with Gasteiger partial charge in [0, 0.05) is 25.6 Å². The maximum Gasteiger partial charge on any atom is 0.317 e. The molecule has 2 aliphatic rings. The van der Waals surface area contributed by atoms with Crippen molar-refractivity contribution < 1.29 is 23.1 Å². The molecule has 2 unspecified atom stereocenters. The summed E-state index contributed by atoms with van der Waals surface area (Å²) < 4.78 is 22.6. The summed E-state index contributed by atoms with van der Waals surface area (Å²) in [5.41, 5.74) is 0. The second-order valence-corrected chi connectivity index (χ2v) is 7.48. The van der Waals surface area contributed by atoms with Gasteiger partial charge in [-0.3, -0.25) is 4.79 Å². The van der Waals surface area contributed by atoms with Crippen molar-refractivity contribution >= 4 is 21.8 Å². The van der Waals surface area contributed by atoms with Crippen molar-refractivity contribution in [1.82, 2.24) is 10.2 Å². The predicted molar refractivity (Wildman–Crippen MR) is 67.5 cm³/mol. The SMILES string of the molecule is O=C(O)CC1CCN(C(=O)NC2CCS(=O)(=O)C2)C1. The van der Waals surface area contributed by atoms with E-state index in [2.05, 4.69) is 5.32 Å². The molecule has 0 aromatic carbocycles. The molecule has 0 spiro atoms. The highest BCUT2D eigenvalue weighted by Crippen LogP contribution is 2.20. The normalized spacial score (nSPS) is 29.4. The highest BCUT2D eigenvalue weighted by molar-refractivity contribution is 7.91. The van der Waals surface area contributed by atoms with Gasteiger partial charge in [-0.25, -0.2) is 13.2 Å². The van der Waals surface area contributed by atoms with Crippen LogP contribution in [0.3, 0.4) is 0 Å². The summed E-state index contributed by atoms with van der Waals surface area (Å²) in [5.74, 6) is -0.727. The van der Waals surface area contributed by atoms with E-state index in [0.717, 1.165) is 0 Å². The zero-order valence-electron chi connectivity index (χ0n) is 10.5. The van der Waals surface area contributed by atoms with Crippen LogP contribution in [0.4, 0.5) is 4.79 Å². The van der Waals surface area contributed by atoms with Crippen LogP contribution in [0.25, 0.3) is 0 Å². The van der Waals surface area contributed by atoms with Crippen molar-refractivity contribution in [1.29, 1.82) is 0 Å². The second kappa shape index (κ2) is 5.36. The van der Waals surface area contributed by atoms with Gasteiger partial charge in [0.2, 0.25) is 0 Å². The fourth-order valence-corrected chi connectivity index (χ4v) is 4.28. The van der Waals surface area contributed by atoms with Gasteiger partial charge in [-0.15, -0.1) is 0 Å². The number of hydrogen-bond donors (Lipinski definition) is 2. The number of urea groups is 1. The lowest BCUT2D eigenvalue weighted by Crippen LogP contribution is -2.44. The van der Waals surface area contributed by atoms with Crippen LogP contribution in [0, 0.1) is 5.92 Å². The lowest BCUT2D eigenvalue weighted by molar-refractivity contribution is -0.138. The summed E-state index contributed by atoms with van der Waals surface area (Å²) in [5, 5.41) is 11.4. The summed E-state index contributed by atoms with van der Waals surface area (Å²) >= 11 is 0. The average molecular weight is 290 g/mol. The third-order valence-corrected chi connectivity index (χ3v) is 5.36. The summed E-state index contributed by atoms with van der Waals surface area (Å²) in [6.07, 6.45) is 1.21. The van der Waals surface area contributed by atoms with Crippen LogP contribution < -0.4 is 5.32 Å². The smallest absolute Gasteiger partial charge is 0.317 e. The highest BCUT2D eigenvalue weighted by atomic mass is 32.2. The fourth-order valence-electron chi connectivity index (χ4n) is 2.61. The maximum atomic E-state index is 11.9. The van der Waals surface area contributed by atoms with Crippen LogP contribution in [-0.4, -0.2) is 61.1 Å².